The lowest BCUT2D eigenvalue weighted by Crippen LogP contribution is -2.61. The molecule has 2 saturated heterocycles. The van der Waals surface area contributed by atoms with Crippen molar-refractivity contribution < 1.29 is 111 Å². The molecule has 0 spiro atoms. The van der Waals surface area contributed by atoms with Crippen molar-refractivity contribution in [2.75, 3.05) is 125 Å². The van der Waals surface area contributed by atoms with Crippen molar-refractivity contribution in [2.45, 2.75) is 218 Å². The van der Waals surface area contributed by atoms with Gasteiger partial charge in [-0.1, -0.05) is 69.4 Å². The van der Waals surface area contributed by atoms with Crippen LogP contribution in [-0.2, 0) is 98.8 Å². The third-order valence-corrected chi connectivity index (χ3v) is 23.3. The van der Waals surface area contributed by atoms with Crippen LogP contribution in [0, 0.1) is 29.6 Å². The summed E-state index contributed by atoms with van der Waals surface area (Å²) in [7, 11) is 3.12. The molecule has 4 aromatic heterocycles. The number of ether oxygens (including phenoxy) is 11. The van der Waals surface area contributed by atoms with Gasteiger partial charge < -0.3 is 110 Å². The molecule has 3 fully saturated rings. The van der Waals surface area contributed by atoms with Crippen molar-refractivity contribution in [1.29, 1.82) is 0 Å². The summed E-state index contributed by atoms with van der Waals surface area (Å²) in [4.78, 5) is 122. The van der Waals surface area contributed by atoms with Gasteiger partial charge in [0.2, 0.25) is 17.6 Å². The Balaban J connectivity index is 0.610. The lowest BCUT2D eigenvalue weighted by Gasteiger charge is -2.42. The third-order valence-electron chi connectivity index (χ3n) is 23.3. The van der Waals surface area contributed by atoms with Crippen LogP contribution in [0.2, 0.25) is 0 Å². The van der Waals surface area contributed by atoms with E-state index in [0.29, 0.717) is 139 Å². The fraction of sp³-hybridized carbons (Fsp3) is 0.648. The van der Waals surface area contributed by atoms with E-state index in [1.807, 2.05) is 50.3 Å². The first-order valence-electron chi connectivity index (χ1n) is 43.7. The molecule has 3 aliphatic heterocycles. The number of amides is 4. The quantitative estimate of drug-likeness (QED) is 0.00925. The van der Waals surface area contributed by atoms with Gasteiger partial charge in [-0.15, -0.1) is 5.10 Å². The summed E-state index contributed by atoms with van der Waals surface area (Å²) in [5.41, 5.74) is 17.5. The number of nitrogens with one attached hydrogen (secondary N) is 4. The van der Waals surface area contributed by atoms with Crippen molar-refractivity contribution >= 4 is 74.9 Å². The van der Waals surface area contributed by atoms with Gasteiger partial charge in [0.25, 0.3) is 11.7 Å². The van der Waals surface area contributed by atoms with E-state index in [1.54, 1.807) is 68.8 Å². The van der Waals surface area contributed by atoms with Gasteiger partial charge in [-0.25, -0.2) is 28.9 Å². The molecule has 7 heterocycles. The molecule has 12 N–H and O–H groups in total. The Kier molecular flexibility index (Phi) is 40.4. The number of aliphatic hydroxyl groups is 3. The molecule has 5 aromatic rings. The largest absolute Gasteiger partial charge is 0.508 e. The van der Waals surface area contributed by atoms with Crippen LogP contribution in [0.15, 0.2) is 84.4 Å². The maximum Gasteiger partial charge on any atom is 0.407 e. The number of cyclic esters (lactones) is 1. The van der Waals surface area contributed by atoms with E-state index in [4.69, 9.17) is 68.7 Å². The smallest absolute Gasteiger partial charge is 0.407 e. The molecule has 2 bridgehead atoms. The van der Waals surface area contributed by atoms with E-state index >= 15 is 0 Å². The number of phenolic OH excluding ortho intramolecular Hbond substituents is 1. The monoisotopic (exact) mass is 1750 g/mol. The third kappa shape index (κ3) is 30.2. The number of aromatic amines is 1. The average molecular weight is 1750 g/mol. The van der Waals surface area contributed by atoms with Gasteiger partial charge in [-0.3, -0.25) is 28.8 Å². The fourth-order valence-corrected chi connectivity index (χ4v) is 16.0. The lowest BCUT2D eigenvalue weighted by molar-refractivity contribution is -0.265. The van der Waals surface area contributed by atoms with Gasteiger partial charge in [0.15, 0.2) is 11.4 Å². The number of hydrogen-bond donors (Lipinski definition) is 10. The van der Waals surface area contributed by atoms with E-state index in [2.05, 4.69) is 41.2 Å². The van der Waals surface area contributed by atoms with Gasteiger partial charge in [0, 0.05) is 107 Å². The van der Waals surface area contributed by atoms with Crippen LogP contribution in [0.4, 0.5) is 10.6 Å². The zero-order valence-electron chi connectivity index (χ0n) is 73.3. The maximum atomic E-state index is 14.7. The molecule has 1 aromatic carbocycles. The number of carbonyl (C=O) groups is 8. The van der Waals surface area contributed by atoms with Crippen LogP contribution < -0.4 is 27.4 Å². The maximum absolute atomic E-state index is 14.7. The predicted octanol–water partition coefficient (Wildman–Crippen LogP) is 6.08. The molecule has 4 amide bonds. The number of aryl methyl sites for hydroxylation is 1. The number of carbonyl (C=O) groups excluding carboxylic acids is 8. The Morgan fingerprint density at radius 2 is 1.42 bits per heavy atom. The summed E-state index contributed by atoms with van der Waals surface area (Å²) in [6.45, 7) is 15.0. The number of nitrogen functional groups attached to an aromatic ring is 1. The van der Waals surface area contributed by atoms with E-state index in [1.165, 1.54) is 19.3 Å². The van der Waals surface area contributed by atoms with Gasteiger partial charge >= 0.3 is 12.1 Å². The molecular formula is C88H130N14O23. The first-order chi connectivity index (χ1) is 60.2. The second-order valence-electron chi connectivity index (χ2n) is 32.8. The van der Waals surface area contributed by atoms with Crippen molar-refractivity contribution in [1.82, 2.24) is 60.6 Å². The molecule has 1 aliphatic carbocycles. The van der Waals surface area contributed by atoms with E-state index < -0.39 is 114 Å². The average Bonchev–Trinajstić information content (AvgIpc) is 1.72. The Morgan fingerprint density at radius 3 is 2.12 bits per heavy atom. The van der Waals surface area contributed by atoms with Crippen molar-refractivity contribution in [2.24, 2.45) is 35.3 Å². The lowest BCUT2D eigenvalue weighted by atomic mass is 9.79. The van der Waals surface area contributed by atoms with Crippen molar-refractivity contribution in [3.05, 3.63) is 90.1 Å². The number of aromatic hydroxyl groups is 1. The van der Waals surface area contributed by atoms with Crippen LogP contribution in [0.3, 0.4) is 0 Å². The highest BCUT2D eigenvalue weighted by atomic mass is 16.6. The normalized spacial score (nSPS) is 25.9. The Bertz CT molecular complexity index is 4430. The number of ketones is 3. The molecular weight excluding hydrogens is 1620 g/mol. The number of Topliss-reactive ketones (excluding diaryl/α,β-unsaturated/α-hetero) is 3. The first-order valence-corrected chi connectivity index (χ1v) is 43.7. The van der Waals surface area contributed by atoms with Gasteiger partial charge in [-0.05, 0) is 138 Å². The number of alkyl carbamates (subject to hydrolysis) is 1. The number of aromatic nitrogens is 8. The molecule has 1 saturated carbocycles. The number of methoxy groups -OCH3 is 2. The van der Waals surface area contributed by atoms with E-state index in [-0.39, 0.29) is 139 Å². The number of aliphatic hydroxyl groups excluding tert-OH is 2. The molecule has 15 atom stereocenters. The Hall–Kier alpha value is -9.35. The van der Waals surface area contributed by atoms with Crippen LogP contribution in [0.1, 0.15) is 156 Å². The van der Waals surface area contributed by atoms with Gasteiger partial charge in [0.1, 0.15) is 66.0 Å². The number of H-pyrrole nitrogens is 1. The number of nitrogens with two attached hydrogens (primary N) is 2. The number of fused-ring (bicyclic) bond motifs is 5. The number of phenols is 1. The number of piperidine rings is 1. The summed E-state index contributed by atoms with van der Waals surface area (Å²) >= 11 is 0. The summed E-state index contributed by atoms with van der Waals surface area (Å²) in [5.74, 6) is -9.08. The number of benzene rings is 1. The number of esters is 1. The topological polar surface area (TPSA) is 500 Å². The number of allylic oxidation sites excluding steroid dienone is 6. The van der Waals surface area contributed by atoms with Crippen molar-refractivity contribution in [3.8, 4) is 17.1 Å². The van der Waals surface area contributed by atoms with Crippen LogP contribution in [0.25, 0.3) is 33.3 Å². The highest BCUT2D eigenvalue weighted by Crippen LogP contribution is 2.40. The second kappa shape index (κ2) is 50.9. The van der Waals surface area contributed by atoms with Crippen LogP contribution in [-0.4, -0.2) is 286 Å². The van der Waals surface area contributed by atoms with E-state index in [0.717, 1.165) is 33.5 Å². The molecule has 37 nitrogen and oxygen atoms in total. The number of unbranched alkanes of at least 4 members (excludes halogenated alkanes) is 1. The molecule has 37 heteroatoms. The Morgan fingerprint density at radius 1 is 0.744 bits per heavy atom. The fourth-order valence-electron chi connectivity index (χ4n) is 16.0. The van der Waals surface area contributed by atoms with Gasteiger partial charge in [-0.2, -0.15) is 5.10 Å². The minimum Gasteiger partial charge on any atom is -0.508 e. The summed E-state index contributed by atoms with van der Waals surface area (Å²) in [5, 5.41) is 67.8. The standard InChI is InChI=1S/C88H130N14O23/c1-55-16-10-9-11-17-56(2)72(115-7)50-65-22-19-60(6)88(114,125-65)82(110)85(111)100-30-14-12-18-70(100)86(112)124-73(51-71(104)57(3)45-59(5)80(108)81(109)79(107)58(4)44-55)66(89)46-61-20-24-69(74(47-61)116-8)102-52-63(97-99-102)53-123-87(113)93-29-35-120-39-43-122-41-37-118-33-26-76(106)92-28-34-119-38-42-121-40-36-117-32-25-75(105)91-27-13-15-31-101-84-77(83(90)94-54-95-84)78(98-101)68-49-62-48-64(103)21-23-67(62)96-68/h9-11,16-17,21,23,45,48-49,52,54-55,57-58,60-61,65-66,69-70,72-74,80-81,96,103,108-109,114H,12-15,18-20,22,24-44,46-47,50-51,53,89H2,1-8H3,(H,91,105)(H,92,106)(H,93,113)(H2,90,94,95)/b11-9?,16-10+,56-17?,59-45+/t55-,57-,58-,60-,61+,65+,66-,69+,70+,72+,73+,74-,80-,81+,88-/m1/s1. The molecule has 4 aliphatic rings. The summed E-state index contributed by atoms with van der Waals surface area (Å²) in [6.07, 6.45) is 12.7. The predicted molar refractivity (Wildman–Crippen MR) is 458 cm³/mol. The minimum absolute atomic E-state index is 0.00273. The molecule has 0 unspecified atom stereocenters. The summed E-state index contributed by atoms with van der Waals surface area (Å²) in [6, 6.07) is 4.45. The molecule has 125 heavy (non-hydrogen) atoms. The summed E-state index contributed by atoms with van der Waals surface area (Å²) < 4.78 is 66.5. The second-order valence-corrected chi connectivity index (χ2v) is 32.8. The SMILES string of the molecule is CO[C@H]1C[C@@H]2CC[C@@H](C)[C@@](O)(O2)C(=O)C(=O)N2CCCC[C@H]2C(=O)O[C@H]([C@H](N)C[C@@H]2CC[C@H](n3cc(COC(=O)NCCOCCOCCOCCC(=O)NCCOCCOCCOCCC(=O)NCCCCn4nc(-c5cc6cc(O)ccc6[nH]5)c5c(N)ncnc54)nn3)[C@H](OC)C2)CC(=O)[C@H](C)/C=C(\C)[C@@H](O)[C@@H](O)C(=O)[C@H](C)C[C@H](C)/C=C/C=CC=C1C. The minimum atomic E-state index is -2.51. The number of anilines is 1. The van der Waals surface area contributed by atoms with Crippen LogP contribution >= 0.6 is 0 Å². The highest BCUT2D eigenvalue weighted by Gasteiger charge is 2.53. The van der Waals surface area contributed by atoms with Crippen molar-refractivity contribution in [3.63, 3.8) is 0 Å². The first kappa shape index (κ1) is 99.4. The number of hydrogen-bond acceptors (Lipinski definition) is 30. The zero-order valence-corrected chi connectivity index (χ0v) is 73.3. The van der Waals surface area contributed by atoms with E-state index in [9.17, 15) is 58.8 Å². The van der Waals surface area contributed by atoms with Crippen LogP contribution in [0.5, 0.6) is 5.75 Å². The number of rotatable bonds is 38. The molecule has 9 rings (SSSR count). The Labute approximate surface area is 729 Å². The highest BCUT2D eigenvalue weighted by molar-refractivity contribution is 6.39. The molecule has 0 radical (unpaired) electrons. The zero-order chi connectivity index (χ0) is 90.0. The van der Waals surface area contributed by atoms with Gasteiger partial charge in [0.05, 0.1) is 121 Å². The molecule has 690 valence electrons. The number of nitrogens with zero attached hydrogens (tertiary/aromatic N) is 8.